The van der Waals surface area contributed by atoms with E-state index in [1.165, 1.54) is 0 Å². The molecule has 0 fully saturated rings. The van der Waals surface area contributed by atoms with Crippen LogP contribution in [0.25, 0.3) is 0 Å². The van der Waals surface area contributed by atoms with Gasteiger partial charge in [0.2, 0.25) is 0 Å². The number of phenols is 1. The Kier molecular flexibility index (Phi) is 5.16. The van der Waals surface area contributed by atoms with Gasteiger partial charge in [-0.2, -0.15) is 0 Å². The molecular formula is C14H21NO2. The van der Waals surface area contributed by atoms with E-state index in [-0.39, 0.29) is 17.5 Å². The minimum atomic E-state index is -0.443. The second-order valence-electron chi connectivity index (χ2n) is 4.57. The predicted octanol–water partition coefficient (Wildman–Crippen LogP) is 2.27. The smallest absolute Gasteiger partial charge is 0.152 e. The Hall–Kier alpha value is -1.35. The number of ketones is 1. The molecule has 0 aliphatic carbocycles. The quantitative estimate of drug-likeness (QED) is 0.795. The highest BCUT2D eigenvalue weighted by atomic mass is 16.3. The Morgan fingerprint density at radius 2 is 1.94 bits per heavy atom. The molecule has 17 heavy (non-hydrogen) atoms. The van der Waals surface area contributed by atoms with Crippen LogP contribution in [-0.4, -0.2) is 16.9 Å². The zero-order valence-electron chi connectivity index (χ0n) is 10.5. The van der Waals surface area contributed by atoms with E-state index in [1.54, 1.807) is 24.3 Å². The van der Waals surface area contributed by atoms with Crippen LogP contribution in [0.15, 0.2) is 24.3 Å². The highest BCUT2D eigenvalue weighted by Gasteiger charge is 2.19. The molecule has 0 heterocycles. The molecule has 3 N–H and O–H groups in total. The summed E-state index contributed by atoms with van der Waals surface area (Å²) in [5, 5.41) is 9.16. The number of carbonyl (C=O) groups excluding carboxylic acids is 1. The minimum absolute atomic E-state index is 0.0344. The minimum Gasteiger partial charge on any atom is -0.508 e. The van der Waals surface area contributed by atoms with E-state index >= 15 is 0 Å². The Labute approximate surface area is 103 Å². The van der Waals surface area contributed by atoms with E-state index in [0.29, 0.717) is 6.42 Å². The summed E-state index contributed by atoms with van der Waals surface area (Å²) < 4.78 is 0. The van der Waals surface area contributed by atoms with Crippen LogP contribution in [0.4, 0.5) is 0 Å². The predicted molar refractivity (Wildman–Crippen MR) is 68.9 cm³/mol. The lowest BCUT2D eigenvalue weighted by atomic mass is 9.92. The number of hydrogen-bond donors (Lipinski definition) is 2. The monoisotopic (exact) mass is 235 g/mol. The molecule has 0 aliphatic heterocycles. The van der Waals surface area contributed by atoms with Gasteiger partial charge in [0.1, 0.15) is 5.75 Å². The molecular weight excluding hydrogens is 214 g/mol. The lowest BCUT2D eigenvalue weighted by molar-refractivity contribution is -0.123. The van der Waals surface area contributed by atoms with Gasteiger partial charge in [-0.05, 0) is 30.5 Å². The topological polar surface area (TPSA) is 63.3 Å². The van der Waals surface area contributed by atoms with E-state index in [4.69, 9.17) is 10.8 Å². The zero-order valence-corrected chi connectivity index (χ0v) is 10.5. The summed E-state index contributed by atoms with van der Waals surface area (Å²) in [7, 11) is 0. The van der Waals surface area contributed by atoms with Gasteiger partial charge in [-0.3, -0.25) is 4.79 Å². The van der Waals surface area contributed by atoms with Gasteiger partial charge in [0.15, 0.2) is 5.78 Å². The number of aromatic hydroxyl groups is 1. The Morgan fingerprint density at radius 1 is 1.35 bits per heavy atom. The van der Waals surface area contributed by atoms with Crippen LogP contribution in [-0.2, 0) is 11.2 Å². The first-order valence-electron chi connectivity index (χ1n) is 6.11. The van der Waals surface area contributed by atoms with Crippen LogP contribution >= 0.6 is 0 Å². The summed E-state index contributed by atoms with van der Waals surface area (Å²) in [6, 6.07) is 6.38. The van der Waals surface area contributed by atoms with Gasteiger partial charge in [-0.25, -0.2) is 0 Å². The average molecular weight is 235 g/mol. The van der Waals surface area contributed by atoms with Crippen LogP contribution < -0.4 is 5.73 Å². The molecule has 1 aromatic carbocycles. The zero-order chi connectivity index (χ0) is 12.8. The first-order chi connectivity index (χ1) is 8.04. The summed E-state index contributed by atoms with van der Waals surface area (Å²) in [6.07, 6.45) is 2.42. The molecule has 0 amide bonds. The van der Waals surface area contributed by atoms with Gasteiger partial charge >= 0.3 is 0 Å². The normalized spacial score (nSPS) is 14.3. The third-order valence-electron chi connectivity index (χ3n) is 2.96. The molecule has 1 aromatic rings. The second kappa shape index (κ2) is 6.40. The van der Waals surface area contributed by atoms with E-state index in [1.807, 2.05) is 6.92 Å². The summed E-state index contributed by atoms with van der Waals surface area (Å²) in [6.45, 7) is 4.00. The number of rotatable bonds is 6. The fourth-order valence-corrected chi connectivity index (χ4v) is 1.93. The van der Waals surface area contributed by atoms with Crippen molar-refractivity contribution in [1.29, 1.82) is 0 Å². The van der Waals surface area contributed by atoms with Crippen molar-refractivity contribution in [3.63, 3.8) is 0 Å². The fraction of sp³-hybridized carbons (Fsp3) is 0.500. The average Bonchev–Trinajstić information content (AvgIpc) is 2.31. The maximum Gasteiger partial charge on any atom is 0.152 e. The molecule has 3 nitrogen and oxygen atoms in total. The molecule has 0 aliphatic rings. The van der Waals surface area contributed by atoms with Crippen molar-refractivity contribution >= 4 is 5.78 Å². The molecule has 0 spiro atoms. The molecule has 94 valence electrons. The molecule has 0 unspecified atom stereocenters. The number of phenolic OH excluding ortho intramolecular Hbond substituents is 1. The van der Waals surface area contributed by atoms with Gasteiger partial charge in [0.25, 0.3) is 0 Å². The van der Waals surface area contributed by atoms with Crippen LogP contribution in [0.2, 0.25) is 0 Å². The van der Waals surface area contributed by atoms with Gasteiger partial charge in [0, 0.05) is 5.92 Å². The van der Waals surface area contributed by atoms with Crippen molar-refractivity contribution in [2.24, 2.45) is 11.7 Å². The number of Topliss-reactive ketones (excluding diaryl/α,β-unsaturated/α-hetero) is 1. The summed E-state index contributed by atoms with van der Waals surface area (Å²) >= 11 is 0. The van der Waals surface area contributed by atoms with Crippen molar-refractivity contribution in [2.75, 3.05) is 0 Å². The van der Waals surface area contributed by atoms with Gasteiger partial charge < -0.3 is 10.8 Å². The molecule has 3 heteroatoms. The molecule has 1 rings (SSSR count). The van der Waals surface area contributed by atoms with Gasteiger partial charge in [-0.1, -0.05) is 32.4 Å². The molecule has 2 atom stereocenters. The van der Waals surface area contributed by atoms with Crippen molar-refractivity contribution in [2.45, 2.75) is 39.2 Å². The second-order valence-corrected chi connectivity index (χ2v) is 4.57. The van der Waals surface area contributed by atoms with E-state index in [2.05, 4.69) is 6.92 Å². The molecule has 0 saturated carbocycles. The van der Waals surface area contributed by atoms with Crippen LogP contribution in [0.3, 0.4) is 0 Å². The number of benzene rings is 1. The summed E-state index contributed by atoms with van der Waals surface area (Å²) in [4.78, 5) is 11.9. The Bertz CT molecular complexity index is 359. The van der Waals surface area contributed by atoms with Crippen LogP contribution in [0, 0.1) is 5.92 Å². The first-order valence-corrected chi connectivity index (χ1v) is 6.11. The first kappa shape index (κ1) is 13.7. The van der Waals surface area contributed by atoms with Crippen LogP contribution in [0.5, 0.6) is 5.75 Å². The van der Waals surface area contributed by atoms with Crippen molar-refractivity contribution in [1.82, 2.24) is 0 Å². The third-order valence-corrected chi connectivity index (χ3v) is 2.96. The van der Waals surface area contributed by atoms with E-state index in [0.717, 1.165) is 18.4 Å². The maximum atomic E-state index is 11.9. The van der Waals surface area contributed by atoms with Gasteiger partial charge in [0.05, 0.1) is 6.04 Å². The largest absolute Gasteiger partial charge is 0.508 e. The SMILES string of the molecule is CCC[C@@H](C)C(=O)[C@@H](N)Cc1ccc(O)cc1. The summed E-state index contributed by atoms with van der Waals surface area (Å²) in [5.74, 6) is 0.389. The third kappa shape index (κ3) is 4.19. The maximum absolute atomic E-state index is 11.9. The lowest BCUT2D eigenvalue weighted by Gasteiger charge is -2.15. The Balaban J connectivity index is 2.56. The molecule has 0 saturated heterocycles. The number of nitrogens with two attached hydrogens (primary N) is 1. The molecule has 0 bridgehead atoms. The van der Waals surface area contributed by atoms with Gasteiger partial charge in [-0.15, -0.1) is 0 Å². The van der Waals surface area contributed by atoms with E-state index in [9.17, 15) is 4.79 Å². The highest BCUT2D eigenvalue weighted by molar-refractivity contribution is 5.86. The lowest BCUT2D eigenvalue weighted by Crippen LogP contribution is -2.36. The standard InChI is InChI=1S/C14H21NO2/c1-3-4-10(2)14(17)13(15)9-11-5-7-12(16)8-6-11/h5-8,10,13,16H,3-4,9,15H2,1-2H3/t10-,13+/m1/s1. The van der Waals surface area contributed by atoms with Crippen molar-refractivity contribution in [3.8, 4) is 5.75 Å². The fourth-order valence-electron chi connectivity index (χ4n) is 1.93. The van der Waals surface area contributed by atoms with E-state index < -0.39 is 6.04 Å². The van der Waals surface area contributed by atoms with Crippen LogP contribution in [0.1, 0.15) is 32.3 Å². The van der Waals surface area contributed by atoms with Crippen molar-refractivity contribution in [3.05, 3.63) is 29.8 Å². The summed E-state index contributed by atoms with van der Waals surface area (Å²) in [5.41, 5.74) is 6.89. The van der Waals surface area contributed by atoms with Crippen molar-refractivity contribution < 1.29 is 9.90 Å². The number of carbonyl (C=O) groups is 1. The number of hydrogen-bond acceptors (Lipinski definition) is 3. The Morgan fingerprint density at radius 3 is 2.47 bits per heavy atom. The molecule has 0 aromatic heterocycles. The highest BCUT2D eigenvalue weighted by Crippen LogP contribution is 2.14. The molecule has 0 radical (unpaired) electrons.